The third-order valence-corrected chi connectivity index (χ3v) is 5.75. The Morgan fingerprint density at radius 2 is 2.00 bits per heavy atom. The molecule has 1 aromatic rings. The van der Waals surface area contributed by atoms with Crippen LogP contribution in [0.15, 0.2) is 23.1 Å². The van der Waals surface area contributed by atoms with Crippen LogP contribution in [0.25, 0.3) is 0 Å². The number of benzene rings is 1. The highest BCUT2D eigenvalue weighted by Gasteiger charge is 2.29. The normalized spacial score (nSPS) is 17.3. The Hall–Kier alpha value is -1.35. The molecule has 1 saturated heterocycles. The van der Waals surface area contributed by atoms with Crippen molar-refractivity contribution in [3.8, 4) is 11.8 Å². The zero-order chi connectivity index (χ0) is 15.5. The quantitative estimate of drug-likeness (QED) is 0.847. The fraction of sp³-hybridized carbons (Fsp3) is 0.500. The molecular weight excluding hydrogens is 286 g/mol. The molecule has 0 amide bonds. The van der Waals surface area contributed by atoms with Crippen molar-refractivity contribution in [1.82, 2.24) is 4.31 Å². The average molecular weight is 307 g/mol. The van der Waals surface area contributed by atoms with E-state index < -0.39 is 10.0 Å². The van der Waals surface area contributed by atoms with E-state index >= 15 is 0 Å². The molecule has 5 heteroatoms. The molecule has 4 nitrogen and oxygen atoms in total. The molecule has 1 heterocycles. The first-order valence-corrected chi connectivity index (χ1v) is 8.59. The summed E-state index contributed by atoms with van der Waals surface area (Å²) in [6.07, 6.45) is 1.78. The molecule has 0 spiro atoms. The Kier molecular flexibility index (Phi) is 5.04. The maximum atomic E-state index is 12.8. The van der Waals surface area contributed by atoms with E-state index in [9.17, 15) is 8.42 Å². The van der Waals surface area contributed by atoms with Crippen molar-refractivity contribution in [2.24, 2.45) is 5.92 Å². The smallest absolute Gasteiger partial charge is 0.244 e. The van der Waals surface area contributed by atoms with Gasteiger partial charge in [0.25, 0.3) is 0 Å². The van der Waals surface area contributed by atoms with Crippen LogP contribution in [0.4, 0.5) is 0 Å². The van der Waals surface area contributed by atoms with Crippen LogP contribution in [0.1, 0.15) is 30.9 Å². The zero-order valence-corrected chi connectivity index (χ0v) is 13.3. The molecule has 0 aliphatic carbocycles. The van der Waals surface area contributed by atoms with Crippen molar-refractivity contribution in [1.29, 1.82) is 0 Å². The zero-order valence-electron chi connectivity index (χ0n) is 12.5. The number of rotatable bonds is 2. The molecular formula is C16H21NO3S. The highest BCUT2D eigenvalue weighted by atomic mass is 32.2. The monoisotopic (exact) mass is 307 g/mol. The van der Waals surface area contributed by atoms with E-state index in [2.05, 4.69) is 18.8 Å². The van der Waals surface area contributed by atoms with Crippen molar-refractivity contribution in [2.75, 3.05) is 19.7 Å². The molecule has 2 rings (SSSR count). The lowest BCUT2D eigenvalue weighted by Crippen LogP contribution is -2.38. The second-order valence-corrected chi connectivity index (χ2v) is 7.45. The topological polar surface area (TPSA) is 57.6 Å². The molecule has 114 valence electrons. The van der Waals surface area contributed by atoms with Gasteiger partial charge in [-0.1, -0.05) is 24.8 Å². The van der Waals surface area contributed by atoms with Gasteiger partial charge in [0.15, 0.2) is 0 Å². The molecule has 1 fully saturated rings. The fourth-order valence-corrected chi connectivity index (χ4v) is 4.06. The molecule has 0 aromatic heterocycles. The maximum absolute atomic E-state index is 12.8. The highest BCUT2D eigenvalue weighted by molar-refractivity contribution is 7.89. The minimum absolute atomic E-state index is 0.239. The fourth-order valence-electron chi connectivity index (χ4n) is 2.47. The van der Waals surface area contributed by atoms with Crippen molar-refractivity contribution in [3.05, 3.63) is 29.3 Å². The largest absolute Gasteiger partial charge is 0.384 e. The summed E-state index contributed by atoms with van der Waals surface area (Å²) in [5.41, 5.74) is 1.41. The van der Waals surface area contributed by atoms with Gasteiger partial charge in [-0.2, -0.15) is 4.31 Å². The van der Waals surface area contributed by atoms with Crippen molar-refractivity contribution >= 4 is 10.0 Å². The lowest BCUT2D eigenvalue weighted by Gasteiger charge is -2.29. The molecule has 0 bridgehead atoms. The van der Waals surface area contributed by atoms with Crippen LogP contribution in [-0.2, 0) is 10.0 Å². The molecule has 1 N–H and O–H groups in total. The van der Waals surface area contributed by atoms with Crippen molar-refractivity contribution in [3.63, 3.8) is 0 Å². The number of aliphatic hydroxyl groups is 1. The molecule has 0 atom stereocenters. The number of hydrogen-bond donors (Lipinski definition) is 1. The van der Waals surface area contributed by atoms with Crippen LogP contribution >= 0.6 is 0 Å². The van der Waals surface area contributed by atoms with Gasteiger partial charge in [-0.05, 0) is 43.4 Å². The lowest BCUT2D eigenvalue weighted by molar-refractivity contribution is 0.288. The summed E-state index contributed by atoms with van der Waals surface area (Å²) in [7, 11) is -3.51. The first-order chi connectivity index (χ1) is 9.95. The molecule has 1 aromatic carbocycles. The van der Waals surface area contributed by atoms with Crippen LogP contribution in [0.5, 0.6) is 0 Å². The summed E-state index contributed by atoms with van der Waals surface area (Å²) >= 11 is 0. The number of nitrogens with zero attached hydrogens (tertiary/aromatic N) is 1. The first kappa shape index (κ1) is 16.0. The summed E-state index contributed by atoms with van der Waals surface area (Å²) in [6, 6.07) is 5.15. The van der Waals surface area contributed by atoms with Crippen LogP contribution < -0.4 is 0 Å². The minimum Gasteiger partial charge on any atom is -0.384 e. The third-order valence-electron chi connectivity index (χ3n) is 3.80. The molecule has 0 unspecified atom stereocenters. The standard InChI is InChI=1S/C16H21NO3S/c1-13-7-9-17(10-8-13)21(19,20)16-6-5-14(2)12-15(16)4-3-11-18/h5-6,12-13,18H,7-11H2,1-2H3. The Bertz CT molecular complexity index is 662. The number of hydrogen-bond acceptors (Lipinski definition) is 3. The lowest BCUT2D eigenvalue weighted by atomic mass is 10.0. The Morgan fingerprint density at radius 1 is 1.33 bits per heavy atom. The SMILES string of the molecule is Cc1ccc(S(=O)(=O)N2CCC(C)CC2)c(C#CCO)c1. The summed E-state index contributed by atoms with van der Waals surface area (Å²) < 4.78 is 27.1. The molecule has 1 aliphatic heterocycles. The van der Waals surface area contributed by atoms with Crippen molar-refractivity contribution in [2.45, 2.75) is 31.6 Å². The van der Waals surface area contributed by atoms with Crippen LogP contribution in [0.3, 0.4) is 0 Å². The van der Waals surface area contributed by atoms with E-state index in [0.29, 0.717) is 24.6 Å². The number of aryl methyl sites for hydroxylation is 1. The average Bonchev–Trinajstić information content (AvgIpc) is 2.45. The molecule has 21 heavy (non-hydrogen) atoms. The van der Waals surface area contributed by atoms with Gasteiger partial charge in [0, 0.05) is 18.7 Å². The molecule has 0 radical (unpaired) electrons. The highest BCUT2D eigenvalue weighted by Crippen LogP contribution is 2.25. The van der Waals surface area contributed by atoms with Gasteiger partial charge in [0.2, 0.25) is 10.0 Å². The number of aliphatic hydroxyl groups excluding tert-OH is 1. The number of sulfonamides is 1. The van der Waals surface area contributed by atoms with Gasteiger partial charge < -0.3 is 5.11 Å². The predicted molar refractivity (Wildman–Crippen MR) is 82.3 cm³/mol. The van der Waals surface area contributed by atoms with Gasteiger partial charge >= 0.3 is 0 Å². The van der Waals surface area contributed by atoms with Crippen LogP contribution in [0, 0.1) is 24.7 Å². The van der Waals surface area contributed by atoms with E-state index in [4.69, 9.17) is 5.11 Å². The summed E-state index contributed by atoms with van der Waals surface area (Å²) in [5, 5.41) is 8.83. The Morgan fingerprint density at radius 3 is 2.62 bits per heavy atom. The Labute approximate surface area is 126 Å². The second-order valence-electron chi connectivity index (χ2n) is 5.55. The van der Waals surface area contributed by atoms with Gasteiger partial charge in [-0.25, -0.2) is 8.42 Å². The second kappa shape index (κ2) is 6.61. The first-order valence-electron chi connectivity index (χ1n) is 7.15. The third kappa shape index (κ3) is 3.65. The van der Waals surface area contributed by atoms with Gasteiger partial charge in [0.1, 0.15) is 6.61 Å². The van der Waals surface area contributed by atoms with E-state index in [1.54, 1.807) is 22.5 Å². The summed E-state index contributed by atoms with van der Waals surface area (Å²) in [4.78, 5) is 0.239. The Balaban J connectivity index is 2.40. The van der Waals surface area contributed by atoms with Crippen molar-refractivity contribution < 1.29 is 13.5 Å². The van der Waals surface area contributed by atoms with E-state index in [-0.39, 0.29) is 11.5 Å². The van der Waals surface area contributed by atoms with Crippen LogP contribution in [-0.4, -0.2) is 37.5 Å². The van der Waals surface area contributed by atoms with Gasteiger partial charge in [-0.3, -0.25) is 0 Å². The van der Waals surface area contributed by atoms with Gasteiger partial charge in [-0.15, -0.1) is 0 Å². The predicted octanol–water partition coefficient (Wildman–Crippen LogP) is 1.76. The van der Waals surface area contributed by atoms with E-state index in [0.717, 1.165) is 18.4 Å². The van der Waals surface area contributed by atoms with E-state index in [1.807, 2.05) is 6.92 Å². The van der Waals surface area contributed by atoms with Crippen LogP contribution in [0.2, 0.25) is 0 Å². The van der Waals surface area contributed by atoms with E-state index in [1.165, 1.54) is 0 Å². The molecule has 1 aliphatic rings. The summed E-state index contributed by atoms with van der Waals surface area (Å²) in [6.45, 7) is 4.88. The molecule has 0 saturated carbocycles. The van der Waals surface area contributed by atoms with Gasteiger partial charge in [0.05, 0.1) is 4.90 Å². The minimum atomic E-state index is -3.51. The number of piperidine rings is 1. The maximum Gasteiger partial charge on any atom is 0.244 e. The summed E-state index contributed by atoms with van der Waals surface area (Å²) in [5.74, 6) is 5.86.